The molecule has 1 rings (SSSR count). The van der Waals surface area contributed by atoms with Gasteiger partial charge in [0.05, 0.1) is 0 Å². The molecule has 0 saturated carbocycles. The molecular formula is C11H20N2O4. The van der Waals surface area contributed by atoms with E-state index in [1.165, 1.54) is 5.01 Å². The monoisotopic (exact) mass is 244 g/mol. The van der Waals surface area contributed by atoms with Gasteiger partial charge in [0, 0.05) is 6.54 Å². The largest absolute Gasteiger partial charge is 0.480 e. The van der Waals surface area contributed by atoms with Gasteiger partial charge in [0.15, 0.2) is 0 Å². The lowest BCUT2D eigenvalue weighted by molar-refractivity contribution is -0.150. The number of ether oxygens (including phenoxy) is 1. The lowest BCUT2D eigenvalue weighted by atomic mass is 10.0. The van der Waals surface area contributed by atoms with E-state index >= 15 is 0 Å². The molecule has 1 unspecified atom stereocenters. The van der Waals surface area contributed by atoms with E-state index < -0.39 is 23.2 Å². The van der Waals surface area contributed by atoms with Gasteiger partial charge in [0.2, 0.25) is 0 Å². The highest BCUT2D eigenvalue weighted by molar-refractivity contribution is 5.79. The molecule has 0 aliphatic carbocycles. The average molecular weight is 244 g/mol. The number of carboxylic acid groups (broad SMARTS) is 1. The zero-order valence-electron chi connectivity index (χ0n) is 10.7. The molecule has 17 heavy (non-hydrogen) atoms. The van der Waals surface area contributed by atoms with Crippen molar-refractivity contribution in [3.63, 3.8) is 0 Å². The maximum Gasteiger partial charge on any atom is 0.422 e. The van der Waals surface area contributed by atoms with Crippen molar-refractivity contribution in [2.45, 2.75) is 51.7 Å². The molecule has 0 aromatic carbocycles. The first-order valence-corrected chi connectivity index (χ1v) is 5.66. The Balaban J connectivity index is 2.63. The Kier molecular flexibility index (Phi) is 3.66. The summed E-state index contributed by atoms with van der Waals surface area (Å²) in [5, 5.41) is 10.6. The van der Waals surface area contributed by atoms with Gasteiger partial charge in [-0.3, -0.25) is 10.2 Å². The molecule has 1 atom stereocenters. The minimum absolute atomic E-state index is 0.512. The Labute approximate surface area is 101 Å². The second kappa shape index (κ2) is 4.52. The van der Waals surface area contributed by atoms with Crippen LogP contribution in [-0.4, -0.2) is 39.9 Å². The number of amides is 1. The Bertz CT molecular complexity index is 324. The summed E-state index contributed by atoms with van der Waals surface area (Å²) in [5.41, 5.74) is 0.860. The number of hydrogen-bond acceptors (Lipinski definition) is 4. The van der Waals surface area contributed by atoms with Gasteiger partial charge < -0.3 is 9.84 Å². The molecule has 1 aliphatic rings. The van der Waals surface area contributed by atoms with Crippen molar-refractivity contribution in [1.29, 1.82) is 0 Å². The number of nitrogens with one attached hydrogen (secondary N) is 1. The Hall–Kier alpha value is -1.30. The van der Waals surface area contributed by atoms with Gasteiger partial charge in [-0.15, -0.1) is 0 Å². The molecule has 0 bridgehead atoms. The second-order valence-electron chi connectivity index (χ2n) is 5.45. The molecule has 0 radical (unpaired) electrons. The highest BCUT2D eigenvalue weighted by Crippen LogP contribution is 2.27. The number of hydrogen-bond donors (Lipinski definition) is 2. The lowest BCUT2D eigenvalue weighted by Gasteiger charge is -2.31. The Morgan fingerprint density at radius 3 is 2.47 bits per heavy atom. The molecule has 2 N–H and O–H groups in total. The van der Waals surface area contributed by atoms with Crippen molar-refractivity contribution >= 4 is 12.1 Å². The molecule has 6 nitrogen and oxygen atoms in total. The lowest BCUT2D eigenvalue weighted by Crippen LogP contribution is -2.56. The van der Waals surface area contributed by atoms with Crippen LogP contribution in [0, 0.1) is 0 Å². The quantitative estimate of drug-likeness (QED) is 0.767. The van der Waals surface area contributed by atoms with Crippen molar-refractivity contribution in [2.75, 3.05) is 6.54 Å². The molecule has 1 aliphatic heterocycles. The summed E-state index contributed by atoms with van der Waals surface area (Å²) in [7, 11) is 0. The zero-order chi connectivity index (χ0) is 13.3. The van der Waals surface area contributed by atoms with Crippen LogP contribution in [0.15, 0.2) is 0 Å². The van der Waals surface area contributed by atoms with E-state index in [0.717, 1.165) is 6.42 Å². The van der Waals surface area contributed by atoms with Crippen LogP contribution in [0.5, 0.6) is 0 Å². The second-order valence-corrected chi connectivity index (χ2v) is 5.45. The number of aliphatic carboxylic acids is 1. The van der Waals surface area contributed by atoms with Crippen LogP contribution in [0.3, 0.4) is 0 Å². The summed E-state index contributed by atoms with van der Waals surface area (Å²) in [6.45, 7) is 7.38. The Morgan fingerprint density at radius 2 is 2.00 bits per heavy atom. The van der Waals surface area contributed by atoms with Gasteiger partial charge in [-0.2, -0.15) is 0 Å². The third-order valence-corrected chi connectivity index (χ3v) is 2.73. The number of carbonyl (C=O) groups excluding carboxylic acids is 1. The van der Waals surface area contributed by atoms with Gasteiger partial charge in [-0.25, -0.2) is 9.80 Å². The summed E-state index contributed by atoms with van der Waals surface area (Å²) >= 11 is 0. The van der Waals surface area contributed by atoms with Crippen LogP contribution in [0.2, 0.25) is 0 Å². The molecule has 1 fully saturated rings. The number of nitrogens with zero attached hydrogens (tertiary/aromatic N) is 1. The van der Waals surface area contributed by atoms with E-state index in [1.807, 2.05) is 0 Å². The van der Waals surface area contributed by atoms with Crippen LogP contribution >= 0.6 is 0 Å². The first-order valence-electron chi connectivity index (χ1n) is 5.66. The topological polar surface area (TPSA) is 78.9 Å². The van der Waals surface area contributed by atoms with E-state index in [0.29, 0.717) is 13.0 Å². The van der Waals surface area contributed by atoms with Crippen molar-refractivity contribution in [2.24, 2.45) is 0 Å². The van der Waals surface area contributed by atoms with Crippen LogP contribution in [0.4, 0.5) is 4.79 Å². The summed E-state index contributed by atoms with van der Waals surface area (Å²) in [6, 6.07) is 0. The third kappa shape index (κ3) is 3.33. The predicted molar refractivity (Wildman–Crippen MR) is 61.4 cm³/mol. The van der Waals surface area contributed by atoms with Crippen molar-refractivity contribution in [3.8, 4) is 0 Å². The molecule has 1 heterocycles. The van der Waals surface area contributed by atoms with E-state index in [2.05, 4.69) is 5.43 Å². The van der Waals surface area contributed by atoms with Gasteiger partial charge in [0.1, 0.15) is 11.1 Å². The number of carbonyl (C=O) groups is 2. The summed E-state index contributed by atoms with van der Waals surface area (Å²) < 4.78 is 5.09. The fourth-order valence-corrected chi connectivity index (χ4v) is 1.78. The predicted octanol–water partition coefficient (Wildman–Crippen LogP) is 1.37. The fraction of sp³-hybridized carbons (Fsp3) is 0.818. The molecule has 1 saturated heterocycles. The minimum atomic E-state index is -1.04. The van der Waals surface area contributed by atoms with Crippen molar-refractivity contribution < 1.29 is 19.4 Å². The van der Waals surface area contributed by atoms with Gasteiger partial charge in [0.25, 0.3) is 0 Å². The van der Waals surface area contributed by atoms with Crippen LogP contribution < -0.4 is 5.43 Å². The number of carboxylic acids is 1. The Morgan fingerprint density at radius 1 is 1.41 bits per heavy atom. The van der Waals surface area contributed by atoms with Gasteiger partial charge in [-0.1, -0.05) is 0 Å². The van der Waals surface area contributed by atoms with Crippen LogP contribution in [-0.2, 0) is 9.53 Å². The summed E-state index contributed by atoms with van der Waals surface area (Å²) in [5.74, 6) is -0.939. The van der Waals surface area contributed by atoms with E-state index in [4.69, 9.17) is 9.84 Å². The minimum Gasteiger partial charge on any atom is -0.480 e. The first kappa shape index (κ1) is 13.8. The van der Waals surface area contributed by atoms with E-state index in [-0.39, 0.29) is 0 Å². The van der Waals surface area contributed by atoms with Crippen LogP contribution in [0.25, 0.3) is 0 Å². The van der Waals surface area contributed by atoms with Crippen molar-refractivity contribution in [3.05, 3.63) is 0 Å². The molecule has 98 valence electrons. The molecule has 1 amide bonds. The SMILES string of the molecule is CC(C)(C)OC(=O)NN1CCCC1(C)C(=O)O. The zero-order valence-corrected chi connectivity index (χ0v) is 10.7. The summed E-state index contributed by atoms with van der Waals surface area (Å²) in [6.07, 6.45) is 0.628. The standard InChI is InChI=1S/C11H20N2O4/c1-10(2,3)17-9(16)12-13-7-5-6-11(13,4)8(14)15/h5-7H2,1-4H3,(H,12,16)(H,14,15). The first-order chi connectivity index (χ1) is 7.65. The maximum atomic E-state index is 11.6. The van der Waals surface area contributed by atoms with E-state index in [1.54, 1.807) is 27.7 Å². The normalized spacial score (nSPS) is 25.6. The van der Waals surface area contributed by atoms with Crippen molar-refractivity contribution in [1.82, 2.24) is 10.4 Å². The van der Waals surface area contributed by atoms with E-state index in [9.17, 15) is 9.59 Å². The third-order valence-electron chi connectivity index (χ3n) is 2.73. The molecule has 0 aromatic rings. The molecule has 0 spiro atoms. The van der Waals surface area contributed by atoms with Crippen LogP contribution in [0.1, 0.15) is 40.5 Å². The highest BCUT2D eigenvalue weighted by Gasteiger charge is 2.44. The summed E-state index contributed by atoms with van der Waals surface area (Å²) in [4.78, 5) is 22.7. The molecule has 0 aromatic heterocycles. The average Bonchev–Trinajstić information content (AvgIpc) is 2.45. The number of rotatable bonds is 2. The highest BCUT2D eigenvalue weighted by atomic mass is 16.6. The molecule has 6 heteroatoms. The number of hydrazine groups is 1. The smallest absolute Gasteiger partial charge is 0.422 e. The fourth-order valence-electron chi connectivity index (χ4n) is 1.78. The molecular weight excluding hydrogens is 224 g/mol. The maximum absolute atomic E-state index is 11.6. The van der Waals surface area contributed by atoms with Gasteiger partial charge in [-0.05, 0) is 40.5 Å². The van der Waals surface area contributed by atoms with Gasteiger partial charge >= 0.3 is 12.1 Å².